The molecule has 2 aliphatic heterocycles. The molecule has 2 unspecified atom stereocenters. The average Bonchev–Trinajstić information content (AvgIpc) is 3.68. The Bertz CT molecular complexity index is 1890. The molecule has 0 N–H and O–H groups in total. The molecule has 0 bridgehead atoms. The van der Waals surface area contributed by atoms with Crippen LogP contribution >= 0.6 is 0 Å². The van der Waals surface area contributed by atoms with E-state index in [4.69, 9.17) is 0 Å². The number of hydrogen-bond acceptors (Lipinski definition) is 4. The lowest BCUT2D eigenvalue weighted by Gasteiger charge is -2.27. The molecule has 0 radical (unpaired) electrons. The Labute approximate surface area is 272 Å². The van der Waals surface area contributed by atoms with E-state index >= 15 is 0 Å². The van der Waals surface area contributed by atoms with E-state index in [-0.39, 0.29) is 11.8 Å². The normalized spacial score (nSPS) is 24.3. The molecule has 8 heteroatoms. The van der Waals surface area contributed by atoms with Crippen molar-refractivity contribution < 1.29 is 16.8 Å². The van der Waals surface area contributed by atoms with Crippen molar-refractivity contribution in [1.82, 2.24) is 8.61 Å². The van der Waals surface area contributed by atoms with Gasteiger partial charge in [-0.1, -0.05) is 96.1 Å². The molecule has 7 rings (SSSR count). The van der Waals surface area contributed by atoms with Gasteiger partial charge in [0, 0.05) is 26.2 Å². The van der Waals surface area contributed by atoms with Crippen LogP contribution in [0.4, 0.5) is 0 Å². The Morgan fingerprint density at radius 3 is 1.20 bits per heavy atom. The van der Waals surface area contributed by atoms with Crippen molar-refractivity contribution in [3.8, 4) is 0 Å². The van der Waals surface area contributed by atoms with Crippen molar-refractivity contribution in [2.24, 2.45) is 11.8 Å². The van der Waals surface area contributed by atoms with Gasteiger partial charge in [-0.05, 0) is 96.2 Å². The summed E-state index contributed by atoms with van der Waals surface area (Å²) in [4.78, 5) is 0.620. The highest BCUT2D eigenvalue weighted by Gasteiger charge is 2.43. The van der Waals surface area contributed by atoms with Gasteiger partial charge in [0.05, 0.1) is 9.79 Å². The van der Waals surface area contributed by atoms with Crippen molar-refractivity contribution in [2.75, 3.05) is 26.2 Å². The van der Waals surface area contributed by atoms with Gasteiger partial charge in [0.1, 0.15) is 0 Å². The van der Waals surface area contributed by atoms with E-state index in [1.165, 1.54) is 0 Å². The van der Waals surface area contributed by atoms with Gasteiger partial charge in [0.25, 0.3) is 0 Å². The molecule has 0 amide bonds. The molecule has 0 aromatic heterocycles. The molecule has 2 saturated heterocycles. The Morgan fingerprint density at radius 2 is 0.848 bits per heavy atom. The summed E-state index contributed by atoms with van der Waals surface area (Å²) in [6.07, 6.45) is 1.28. The van der Waals surface area contributed by atoms with Crippen LogP contribution in [0.25, 0.3) is 11.1 Å². The van der Waals surface area contributed by atoms with E-state index in [1.807, 2.05) is 74.5 Å². The van der Waals surface area contributed by atoms with Crippen molar-refractivity contribution in [3.05, 3.63) is 143 Å². The zero-order chi connectivity index (χ0) is 32.1. The van der Waals surface area contributed by atoms with Gasteiger partial charge in [-0.25, -0.2) is 16.8 Å². The molecular weight excluding hydrogens is 613 g/mol. The van der Waals surface area contributed by atoms with Gasteiger partial charge < -0.3 is 0 Å². The minimum absolute atomic E-state index is 0.0400. The third-order valence-corrected chi connectivity index (χ3v) is 13.4. The number of nitrogens with zero attached hydrogens (tertiary/aromatic N) is 2. The van der Waals surface area contributed by atoms with Crippen LogP contribution in [0.1, 0.15) is 35.1 Å². The fourth-order valence-electron chi connectivity index (χ4n) is 7.26. The number of allylic oxidation sites excluding steroid dienone is 2. The number of aryl methyl sites for hydroxylation is 2. The lowest BCUT2D eigenvalue weighted by molar-refractivity contribution is 0.458. The van der Waals surface area contributed by atoms with Crippen molar-refractivity contribution >= 4 is 31.2 Å². The van der Waals surface area contributed by atoms with Gasteiger partial charge in [0.2, 0.25) is 20.0 Å². The standard InChI is InChI=1S/C38H38N2O4S2/c1-27-13-17-33(18-14-27)45(41,42)39-23-31-21-36(30-11-7-4-8-12-30)38-26-40(46(43,44)34-19-15-28(2)16-20-34)24-32(38)22-35(37(31)25-39)29-9-5-3-6-10-29/h3-20,31-32H,21-26H2,1-2H3/b37-35+,38-36+. The summed E-state index contributed by atoms with van der Waals surface area (Å²) in [6.45, 7) is 5.30. The second kappa shape index (κ2) is 12.1. The fourth-order valence-corrected chi connectivity index (χ4v) is 10.2. The van der Waals surface area contributed by atoms with Gasteiger partial charge in [0.15, 0.2) is 0 Å². The van der Waals surface area contributed by atoms with Gasteiger partial charge >= 0.3 is 0 Å². The van der Waals surface area contributed by atoms with Crippen molar-refractivity contribution in [2.45, 2.75) is 36.5 Å². The molecule has 4 aromatic carbocycles. The topological polar surface area (TPSA) is 74.8 Å². The number of benzene rings is 4. The molecule has 2 fully saturated rings. The third kappa shape index (κ3) is 5.68. The third-order valence-electron chi connectivity index (χ3n) is 9.77. The first kappa shape index (κ1) is 30.8. The van der Waals surface area contributed by atoms with Crippen molar-refractivity contribution in [1.29, 1.82) is 0 Å². The smallest absolute Gasteiger partial charge is 0.207 e. The summed E-state index contributed by atoms with van der Waals surface area (Å²) >= 11 is 0. The molecule has 0 spiro atoms. The van der Waals surface area contributed by atoms with Crippen LogP contribution in [0.3, 0.4) is 0 Å². The number of rotatable bonds is 6. The first-order chi connectivity index (χ1) is 22.1. The predicted octanol–water partition coefficient (Wildman–Crippen LogP) is 6.95. The van der Waals surface area contributed by atoms with Crippen LogP contribution < -0.4 is 0 Å². The number of sulfonamides is 2. The highest BCUT2D eigenvalue weighted by atomic mass is 32.2. The fraction of sp³-hybridized carbons (Fsp3) is 0.263. The second-order valence-corrected chi connectivity index (χ2v) is 16.6. The van der Waals surface area contributed by atoms with Crippen LogP contribution in [0.2, 0.25) is 0 Å². The Kier molecular flexibility index (Phi) is 8.09. The maximum atomic E-state index is 14.0. The lowest BCUT2D eigenvalue weighted by atomic mass is 9.76. The predicted molar refractivity (Wildman–Crippen MR) is 183 cm³/mol. The second-order valence-electron chi connectivity index (χ2n) is 12.8. The Morgan fingerprint density at radius 1 is 0.500 bits per heavy atom. The SMILES string of the molecule is Cc1ccc(S(=O)(=O)N2C/C3=C(\c4ccccc4)CC4CN(S(=O)(=O)c5ccc(C)cc5)C/C4=C(\c4ccccc4)CC3C2)cc1. The molecule has 2 heterocycles. The van der Waals surface area contributed by atoms with E-state index < -0.39 is 20.0 Å². The quantitative estimate of drug-likeness (QED) is 0.227. The molecule has 2 atom stereocenters. The first-order valence-electron chi connectivity index (χ1n) is 15.8. The van der Waals surface area contributed by atoms with Crippen molar-refractivity contribution in [3.63, 3.8) is 0 Å². The zero-order valence-corrected chi connectivity index (χ0v) is 27.8. The van der Waals surface area contributed by atoms with E-state index in [0.717, 1.165) is 44.5 Å². The van der Waals surface area contributed by atoms with Gasteiger partial charge in [-0.3, -0.25) is 0 Å². The minimum atomic E-state index is -3.71. The molecule has 3 aliphatic rings. The van der Waals surface area contributed by atoms with Crippen LogP contribution in [0.15, 0.2) is 130 Å². The van der Waals surface area contributed by atoms with Crippen LogP contribution in [-0.4, -0.2) is 51.6 Å². The zero-order valence-electron chi connectivity index (χ0n) is 26.1. The number of hydrogen-bond donors (Lipinski definition) is 0. The van der Waals surface area contributed by atoms with Gasteiger partial charge in [-0.2, -0.15) is 8.61 Å². The van der Waals surface area contributed by atoms with E-state index in [2.05, 4.69) is 24.3 Å². The highest BCUT2D eigenvalue weighted by molar-refractivity contribution is 7.89. The van der Waals surface area contributed by atoms with Gasteiger partial charge in [-0.15, -0.1) is 0 Å². The summed E-state index contributed by atoms with van der Waals surface area (Å²) in [6, 6.07) is 34.6. The molecule has 0 saturated carbocycles. The Hall–Kier alpha value is -3.82. The summed E-state index contributed by atoms with van der Waals surface area (Å²) in [7, 11) is -7.42. The summed E-state index contributed by atoms with van der Waals surface area (Å²) < 4.78 is 59.2. The first-order valence-corrected chi connectivity index (χ1v) is 18.7. The molecule has 6 nitrogen and oxygen atoms in total. The van der Waals surface area contributed by atoms with E-state index in [0.29, 0.717) is 48.8 Å². The number of fused-ring (bicyclic) bond motifs is 2. The Balaban J connectivity index is 1.34. The monoisotopic (exact) mass is 650 g/mol. The summed E-state index contributed by atoms with van der Waals surface area (Å²) in [5.74, 6) is -0.0799. The summed E-state index contributed by atoms with van der Waals surface area (Å²) in [5.41, 5.74) is 8.70. The maximum absolute atomic E-state index is 14.0. The van der Waals surface area contributed by atoms with Crippen LogP contribution in [-0.2, 0) is 20.0 Å². The summed E-state index contributed by atoms with van der Waals surface area (Å²) in [5, 5.41) is 0. The lowest BCUT2D eigenvalue weighted by Crippen LogP contribution is -2.29. The van der Waals surface area contributed by atoms with E-state index in [9.17, 15) is 16.8 Å². The van der Waals surface area contributed by atoms with Crippen LogP contribution in [0.5, 0.6) is 0 Å². The molecule has 1 aliphatic carbocycles. The largest absolute Gasteiger partial charge is 0.243 e. The molecule has 236 valence electrons. The minimum Gasteiger partial charge on any atom is -0.207 e. The molecule has 4 aromatic rings. The average molecular weight is 651 g/mol. The molecular formula is C38H38N2O4S2. The highest BCUT2D eigenvalue weighted by Crippen LogP contribution is 2.48. The van der Waals surface area contributed by atoms with E-state index in [1.54, 1.807) is 32.9 Å². The maximum Gasteiger partial charge on any atom is 0.243 e. The van der Waals surface area contributed by atoms with Crippen LogP contribution in [0, 0.1) is 25.7 Å². The molecule has 46 heavy (non-hydrogen) atoms.